The molecule has 0 aliphatic carbocycles. The van der Waals surface area contributed by atoms with Crippen molar-refractivity contribution in [2.45, 2.75) is 6.92 Å². The van der Waals surface area contributed by atoms with E-state index in [1.54, 1.807) is 19.1 Å². The molecule has 8 nitrogen and oxygen atoms in total. The summed E-state index contributed by atoms with van der Waals surface area (Å²) in [7, 11) is 0. The Kier molecular flexibility index (Phi) is 5.46. The smallest absolute Gasteiger partial charge is 0.325 e. The molecule has 3 aromatic rings. The Morgan fingerprint density at radius 1 is 1.07 bits per heavy atom. The Bertz CT molecular complexity index is 996. The Morgan fingerprint density at radius 3 is 2.59 bits per heavy atom. The van der Waals surface area contributed by atoms with Gasteiger partial charge in [0.05, 0.1) is 0 Å². The van der Waals surface area contributed by atoms with E-state index in [9.17, 15) is 14.4 Å². The maximum Gasteiger partial charge on any atom is 0.325 e. The zero-order valence-corrected chi connectivity index (χ0v) is 14.5. The molecule has 2 amide bonds. The van der Waals surface area contributed by atoms with Crippen LogP contribution >= 0.6 is 0 Å². The van der Waals surface area contributed by atoms with Crippen molar-refractivity contribution in [2.24, 2.45) is 0 Å². The first-order chi connectivity index (χ1) is 13.0. The van der Waals surface area contributed by atoms with Crippen LogP contribution in [0.25, 0.3) is 10.8 Å². The molecule has 0 bridgehead atoms. The number of rotatable bonds is 6. The Balaban J connectivity index is 1.45. The number of ether oxygens (including phenoxy) is 1. The molecule has 0 radical (unpaired) electrons. The van der Waals surface area contributed by atoms with Crippen molar-refractivity contribution >= 4 is 34.4 Å². The van der Waals surface area contributed by atoms with Crippen molar-refractivity contribution < 1.29 is 23.6 Å². The fraction of sp³-hybridized carbons (Fsp3) is 0.158. The van der Waals surface area contributed by atoms with Gasteiger partial charge in [0, 0.05) is 11.6 Å². The first-order valence-corrected chi connectivity index (χ1v) is 8.17. The number of anilines is 1. The largest absolute Gasteiger partial charge is 0.454 e. The van der Waals surface area contributed by atoms with Crippen LogP contribution < -0.4 is 10.6 Å². The lowest BCUT2D eigenvalue weighted by atomic mass is 10.1. The van der Waals surface area contributed by atoms with E-state index in [2.05, 4.69) is 15.8 Å². The molecule has 1 heterocycles. The summed E-state index contributed by atoms with van der Waals surface area (Å²) in [4.78, 5) is 35.5. The van der Waals surface area contributed by atoms with E-state index in [1.165, 1.54) is 6.07 Å². The standard InChI is InChI=1S/C19H17N3O5/c1-12-8-16(22-27-12)21-17(23)11-26-18(24)10-20-19(25)15-7-6-13-4-2-3-5-14(13)9-15/h2-9H,10-11H2,1H3,(H,20,25)(H,21,22,23). The van der Waals surface area contributed by atoms with Crippen LogP contribution in [0.1, 0.15) is 16.1 Å². The van der Waals surface area contributed by atoms with E-state index in [0.29, 0.717) is 11.3 Å². The van der Waals surface area contributed by atoms with Crippen LogP contribution in [0.15, 0.2) is 53.1 Å². The number of fused-ring (bicyclic) bond motifs is 1. The van der Waals surface area contributed by atoms with Gasteiger partial charge >= 0.3 is 5.97 Å². The zero-order valence-electron chi connectivity index (χ0n) is 14.5. The molecule has 27 heavy (non-hydrogen) atoms. The van der Waals surface area contributed by atoms with Crippen LogP contribution in [-0.4, -0.2) is 36.1 Å². The Morgan fingerprint density at radius 2 is 1.85 bits per heavy atom. The molecule has 2 aromatic carbocycles. The van der Waals surface area contributed by atoms with E-state index in [1.807, 2.05) is 30.3 Å². The average molecular weight is 367 g/mol. The number of carbonyl (C=O) groups excluding carboxylic acids is 3. The molecule has 0 saturated heterocycles. The third kappa shape index (κ3) is 4.91. The molecule has 0 fully saturated rings. The minimum atomic E-state index is -0.726. The topological polar surface area (TPSA) is 111 Å². The molecule has 1 aromatic heterocycles. The van der Waals surface area contributed by atoms with Crippen molar-refractivity contribution in [3.8, 4) is 0 Å². The van der Waals surface area contributed by atoms with Crippen LogP contribution in [-0.2, 0) is 14.3 Å². The second kappa shape index (κ2) is 8.13. The van der Waals surface area contributed by atoms with Crippen LogP contribution in [0.2, 0.25) is 0 Å². The van der Waals surface area contributed by atoms with Gasteiger partial charge < -0.3 is 19.9 Å². The van der Waals surface area contributed by atoms with Crippen molar-refractivity contribution in [1.82, 2.24) is 10.5 Å². The summed E-state index contributed by atoms with van der Waals surface area (Å²) >= 11 is 0. The van der Waals surface area contributed by atoms with Gasteiger partial charge in [-0.3, -0.25) is 14.4 Å². The predicted octanol–water partition coefficient (Wildman–Crippen LogP) is 2.05. The first kappa shape index (κ1) is 18.1. The van der Waals surface area contributed by atoms with Gasteiger partial charge in [0.1, 0.15) is 12.3 Å². The van der Waals surface area contributed by atoms with Gasteiger partial charge in [-0.25, -0.2) is 0 Å². The lowest BCUT2D eigenvalue weighted by molar-refractivity contribution is -0.146. The number of esters is 1. The summed E-state index contributed by atoms with van der Waals surface area (Å²) in [6, 6.07) is 14.4. The zero-order chi connectivity index (χ0) is 19.2. The third-order valence-corrected chi connectivity index (χ3v) is 3.66. The number of aromatic nitrogens is 1. The van der Waals surface area contributed by atoms with Crippen LogP contribution in [0.4, 0.5) is 5.82 Å². The van der Waals surface area contributed by atoms with Gasteiger partial charge in [0.15, 0.2) is 12.4 Å². The number of amides is 2. The van der Waals surface area contributed by atoms with Gasteiger partial charge in [-0.2, -0.15) is 0 Å². The maximum atomic E-state index is 12.2. The minimum Gasteiger partial charge on any atom is -0.454 e. The molecule has 0 saturated carbocycles. The molecular formula is C19H17N3O5. The van der Waals surface area contributed by atoms with Crippen molar-refractivity contribution in [3.05, 3.63) is 59.9 Å². The molecule has 138 valence electrons. The molecule has 8 heteroatoms. The van der Waals surface area contributed by atoms with Crippen LogP contribution in [0.3, 0.4) is 0 Å². The summed E-state index contributed by atoms with van der Waals surface area (Å²) in [6.07, 6.45) is 0. The Labute approximate surface area is 154 Å². The molecule has 0 spiro atoms. The second-order valence-electron chi connectivity index (χ2n) is 5.78. The number of aryl methyl sites for hydroxylation is 1. The molecule has 0 aliphatic rings. The van der Waals surface area contributed by atoms with Gasteiger partial charge in [-0.15, -0.1) is 0 Å². The predicted molar refractivity (Wildman–Crippen MR) is 97.1 cm³/mol. The highest BCUT2D eigenvalue weighted by Gasteiger charge is 2.12. The first-order valence-electron chi connectivity index (χ1n) is 8.17. The fourth-order valence-corrected chi connectivity index (χ4v) is 2.39. The Hall–Kier alpha value is -3.68. The van der Waals surface area contributed by atoms with E-state index < -0.39 is 24.4 Å². The van der Waals surface area contributed by atoms with E-state index in [-0.39, 0.29) is 12.4 Å². The minimum absolute atomic E-state index is 0.234. The van der Waals surface area contributed by atoms with Crippen molar-refractivity contribution in [3.63, 3.8) is 0 Å². The van der Waals surface area contributed by atoms with Crippen molar-refractivity contribution in [2.75, 3.05) is 18.5 Å². The fourth-order valence-electron chi connectivity index (χ4n) is 2.39. The number of nitrogens with one attached hydrogen (secondary N) is 2. The summed E-state index contributed by atoms with van der Waals surface area (Å²) in [5.41, 5.74) is 0.431. The van der Waals surface area contributed by atoms with Gasteiger partial charge in [0.2, 0.25) is 0 Å². The molecular weight excluding hydrogens is 350 g/mol. The molecule has 2 N–H and O–H groups in total. The number of carbonyl (C=O) groups is 3. The van der Waals surface area contributed by atoms with E-state index in [4.69, 9.17) is 9.26 Å². The summed E-state index contributed by atoms with van der Waals surface area (Å²) in [6.45, 7) is 0.847. The highest BCUT2D eigenvalue weighted by Crippen LogP contribution is 2.15. The number of hydrogen-bond donors (Lipinski definition) is 2. The molecule has 3 rings (SSSR count). The third-order valence-electron chi connectivity index (χ3n) is 3.66. The number of benzene rings is 2. The summed E-state index contributed by atoms with van der Waals surface area (Å²) in [5.74, 6) is -0.912. The maximum absolute atomic E-state index is 12.2. The monoisotopic (exact) mass is 367 g/mol. The van der Waals surface area contributed by atoms with Gasteiger partial charge in [-0.05, 0) is 29.8 Å². The van der Waals surface area contributed by atoms with E-state index in [0.717, 1.165) is 10.8 Å². The second-order valence-corrected chi connectivity index (χ2v) is 5.78. The van der Waals surface area contributed by atoms with Crippen LogP contribution in [0.5, 0.6) is 0 Å². The number of nitrogens with zero attached hydrogens (tertiary/aromatic N) is 1. The summed E-state index contributed by atoms with van der Waals surface area (Å²) in [5, 5.41) is 10.4. The van der Waals surface area contributed by atoms with E-state index >= 15 is 0 Å². The molecule has 0 aliphatic heterocycles. The highest BCUT2D eigenvalue weighted by atomic mass is 16.5. The highest BCUT2D eigenvalue weighted by molar-refractivity contribution is 5.99. The number of hydrogen-bond acceptors (Lipinski definition) is 6. The lowest BCUT2D eigenvalue weighted by Gasteiger charge is -2.07. The normalized spacial score (nSPS) is 10.4. The van der Waals surface area contributed by atoms with Crippen molar-refractivity contribution in [1.29, 1.82) is 0 Å². The lowest BCUT2D eigenvalue weighted by Crippen LogP contribution is -2.32. The van der Waals surface area contributed by atoms with Crippen LogP contribution in [0, 0.1) is 6.92 Å². The van der Waals surface area contributed by atoms with Gasteiger partial charge in [-0.1, -0.05) is 35.5 Å². The molecule has 0 unspecified atom stereocenters. The average Bonchev–Trinajstić information content (AvgIpc) is 3.08. The quantitative estimate of drug-likeness (QED) is 0.645. The molecule has 0 atom stereocenters. The SMILES string of the molecule is Cc1cc(NC(=O)COC(=O)CNC(=O)c2ccc3ccccc3c2)no1. The van der Waals surface area contributed by atoms with Gasteiger partial charge in [0.25, 0.3) is 11.8 Å². The summed E-state index contributed by atoms with van der Waals surface area (Å²) < 4.78 is 9.62.